The summed E-state index contributed by atoms with van der Waals surface area (Å²) in [6.45, 7) is 1.06. The lowest BCUT2D eigenvalue weighted by molar-refractivity contribution is 0.368. The molecule has 5 rings (SSSR count). The molecule has 13 heteroatoms. The Morgan fingerprint density at radius 1 is 0.550 bits per heavy atom. The van der Waals surface area contributed by atoms with Crippen molar-refractivity contribution in [3.8, 4) is 23.0 Å². The summed E-state index contributed by atoms with van der Waals surface area (Å²) in [6, 6.07) is 21.1. The average Bonchev–Trinajstić information content (AvgIpc) is 3.47. The van der Waals surface area contributed by atoms with Crippen LogP contribution in [0.25, 0.3) is 45.1 Å². The molecule has 0 unspecified atom stereocenters. The molecule has 5 aromatic rings. The quantitative estimate of drug-likeness (QED) is 0.116. The van der Waals surface area contributed by atoms with Gasteiger partial charge in [-0.3, -0.25) is 9.13 Å². The Morgan fingerprint density at radius 3 is 1.40 bits per heavy atom. The highest BCUT2D eigenvalue weighted by Crippen LogP contribution is 2.36. The molecule has 0 aliphatic rings. The molecule has 210 valence electrons. The lowest BCUT2D eigenvalue weighted by atomic mass is 10.2. The maximum absolute atomic E-state index is 11.3. The molecule has 0 saturated heterocycles. The van der Waals surface area contributed by atoms with Crippen molar-refractivity contribution < 1.29 is 28.7 Å². The zero-order valence-electron chi connectivity index (χ0n) is 21.7. The van der Waals surface area contributed by atoms with Crippen LogP contribution in [-0.2, 0) is 22.2 Å². The minimum atomic E-state index is -4.05. The number of aromatic nitrogens is 5. The molecule has 2 aromatic carbocycles. The van der Waals surface area contributed by atoms with Crippen LogP contribution in [0, 0.1) is 0 Å². The van der Waals surface area contributed by atoms with Crippen molar-refractivity contribution in [2.24, 2.45) is 0 Å². The van der Waals surface area contributed by atoms with Crippen molar-refractivity contribution in [1.29, 1.82) is 0 Å². The number of hydrogen-bond acceptors (Lipinski definition) is 5. The maximum atomic E-state index is 11.3. The Kier molecular flexibility index (Phi) is 8.33. The van der Waals surface area contributed by atoms with Gasteiger partial charge in [0, 0.05) is 25.4 Å². The average molecular weight is 584 g/mol. The summed E-state index contributed by atoms with van der Waals surface area (Å²) in [4.78, 5) is 51.6. The molecule has 0 spiro atoms. The van der Waals surface area contributed by atoms with Gasteiger partial charge in [0.25, 0.3) is 0 Å². The zero-order valence-corrected chi connectivity index (χ0v) is 23.5. The van der Waals surface area contributed by atoms with Crippen LogP contribution in [0.1, 0.15) is 25.7 Å². The van der Waals surface area contributed by atoms with Crippen LogP contribution in [-0.4, -0.2) is 56.0 Å². The lowest BCUT2D eigenvalue weighted by Gasteiger charge is -2.12. The monoisotopic (exact) mass is 583 g/mol. The first-order chi connectivity index (χ1) is 19.1. The van der Waals surface area contributed by atoms with E-state index in [4.69, 9.17) is 15.0 Å². The summed E-state index contributed by atoms with van der Waals surface area (Å²) in [7, 11) is -8.10. The van der Waals surface area contributed by atoms with E-state index in [-0.39, 0.29) is 12.3 Å². The normalized spacial score (nSPS) is 12.5. The maximum Gasteiger partial charge on any atom is 0.325 e. The molecule has 0 saturated carbocycles. The molecule has 40 heavy (non-hydrogen) atoms. The predicted octanol–water partition coefficient (Wildman–Crippen LogP) is 5.03. The van der Waals surface area contributed by atoms with Crippen molar-refractivity contribution in [3.05, 3.63) is 66.7 Å². The fourth-order valence-electron chi connectivity index (χ4n) is 4.85. The van der Waals surface area contributed by atoms with E-state index in [0.717, 1.165) is 22.1 Å². The van der Waals surface area contributed by atoms with Crippen LogP contribution < -0.4 is 0 Å². The van der Waals surface area contributed by atoms with E-state index >= 15 is 0 Å². The van der Waals surface area contributed by atoms with Gasteiger partial charge < -0.3 is 28.7 Å². The minimum Gasteiger partial charge on any atom is -0.324 e. The molecule has 3 heterocycles. The van der Waals surface area contributed by atoms with Crippen LogP contribution in [0.3, 0.4) is 0 Å². The van der Waals surface area contributed by atoms with Crippen LogP contribution in [0.5, 0.6) is 0 Å². The van der Waals surface area contributed by atoms with Crippen LogP contribution in [0.4, 0.5) is 0 Å². The van der Waals surface area contributed by atoms with Crippen LogP contribution in [0.2, 0.25) is 0 Å². The molecule has 0 atom stereocenters. The van der Waals surface area contributed by atoms with Gasteiger partial charge >= 0.3 is 15.2 Å². The van der Waals surface area contributed by atoms with Crippen molar-refractivity contribution in [2.75, 3.05) is 12.3 Å². The SMILES string of the molecule is O=P(O)(O)CCCCn1c(-c2cccc(-c3nc4ccccc4n3CCCCP(=O)(O)O)n2)nc2ccccc21. The van der Waals surface area contributed by atoms with E-state index in [0.29, 0.717) is 61.8 Å². The van der Waals surface area contributed by atoms with Crippen molar-refractivity contribution in [1.82, 2.24) is 24.1 Å². The van der Waals surface area contributed by atoms with Gasteiger partial charge in [-0.2, -0.15) is 0 Å². The Balaban J connectivity index is 1.49. The van der Waals surface area contributed by atoms with Gasteiger partial charge in [0.2, 0.25) is 0 Å². The molecule has 0 fully saturated rings. The predicted molar refractivity (Wildman–Crippen MR) is 154 cm³/mol. The number of pyridine rings is 1. The molecule has 0 aliphatic carbocycles. The number of rotatable bonds is 12. The lowest BCUT2D eigenvalue weighted by Crippen LogP contribution is -2.05. The smallest absolute Gasteiger partial charge is 0.324 e. The van der Waals surface area contributed by atoms with Gasteiger partial charge in [-0.1, -0.05) is 30.3 Å². The molecule has 4 N–H and O–H groups in total. The third-order valence-electron chi connectivity index (χ3n) is 6.68. The number of para-hydroxylation sites is 4. The largest absolute Gasteiger partial charge is 0.325 e. The summed E-state index contributed by atoms with van der Waals surface area (Å²) in [6.07, 6.45) is 1.59. The van der Waals surface area contributed by atoms with Gasteiger partial charge in [-0.15, -0.1) is 0 Å². The summed E-state index contributed by atoms with van der Waals surface area (Å²) in [5.41, 5.74) is 4.72. The van der Waals surface area contributed by atoms with Gasteiger partial charge in [-0.05, 0) is 62.1 Å². The molecule has 0 amide bonds. The third-order valence-corrected chi connectivity index (χ3v) is 8.48. The summed E-state index contributed by atoms with van der Waals surface area (Å²) >= 11 is 0. The molecular weight excluding hydrogens is 552 g/mol. The van der Waals surface area contributed by atoms with Gasteiger partial charge in [0.15, 0.2) is 11.6 Å². The van der Waals surface area contributed by atoms with Crippen molar-refractivity contribution >= 4 is 37.3 Å². The van der Waals surface area contributed by atoms with E-state index in [1.165, 1.54) is 0 Å². The number of benzene rings is 2. The molecule has 3 aromatic heterocycles. The van der Waals surface area contributed by atoms with E-state index in [2.05, 4.69) is 0 Å². The molecule has 0 radical (unpaired) electrons. The molecule has 11 nitrogen and oxygen atoms in total. The number of aryl methyl sites for hydroxylation is 2. The second-order valence-electron chi connectivity index (χ2n) is 9.75. The summed E-state index contributed by atoms with van der Waals surface area (Å²) < 4.78 is 26.7. The highest BCUT2D eigenvalue weighted by atomic mass is 31.2. The summed E-state index contributed by atoms with van der Waals surface area (Å²) in [5.74, 6) is 1.31. The van der Waals surface area contributed by atoms with Crippen LogP contribution >= 0.6 is 15.2 Å². The highest BCUT2D eigenvalue weighted by Gasteiger charge is 2.19. The third kappa shape index (κ3) is 6.75. The Bertz CT molecular complexity index is 1610. The van der Waals surface area contributed by atoms with Gasteiger partial charge in [0.1, 0.15) is 11.4 Å². The highest BCUT2D eigenvalue weighted by molar-refractivity contribution is 7.52. The first kappa shape index (κ1) is 28.4. The Morgan fingerprint density at radius 2 is 0.975 bits per heavy atom. The van der Waals surface area contributed by atoms with E-state index < -0.39 is 15.2 Å². The van der Waals surface area contributed by atoms with E-state index in [9.17, 15) is 28.7 Å². The van der Waals surface area contributed by atoms with E-state index in [1.54, 1.807) is 0 Å². The van der Waals surface area contributed by atoms with Gasteiger partial charge in [0.05, 0.1) is 22.1 Å². The number of nitrogens with zero attached hydrogens (tertiary/aromatic N) is 5. The number of imidazole rings is 2. The van der Waals surface area contributed by atoms with Gasteiger partial charge in [-0.25, -0.2) is 15.0 Å². The number of unbranched alkanes of at least 4 members (excludes halogenated alkanes) is 2. The first-order valence-electron chi connectivity index (χ1n) is 13.1. The fourth-order valence-corrected chi connectivity index (χ4v) is 6.13. The van der Waals surface area contributed by atoms with Crippen LogP contribution in [0.15, 0.2) is 66.7 Å². The number of hydrogen-bond donors (Lipinski definition) is 4. The van der Waals surface area contributed by atoms with Crippen molar-refractivity contribution in [3.63, 3.8) is 0 Å². The minimum absolute atomic E-state index is 0.160. The second-order valence-corrected chi connectivity index (χ2v) is 13.3. The first-order valence-corrected chi connectivity index (χ1v) is 16.7. The zero-order chi connectivity index (χ0) is 28.3. The summed E-state index contributed by atoms with van der Waals surface area (Å²) in [5, 5.41) is 0. The Hall–Kier alpha value is -3.17. The second kappa shape index (κ2) is 11.7. The molecule has 0 aliphatic heterocycles. The van der Waals surface area contributed by atoms with E-state index in [1.807, 2.05) is 75.9 Å². The standard InChI is InChI=1S/C27H31N5O6P2/c33-39(34,35)18-7-5-16-31-24-14-3-1-10-20(24)29-26(31)22-12-9-13-23(28-22)27-30-21-11-2-4-15-25(21)32(27)17-6-8-19-40(36,37)38/h1-4,9-15H,5-8,16-19H2,(H2,33,34,35)(H2,36,37,38). The molecule has 0 bridgehead atoms. The topological polar surface area (TPSA) is 164 Å². The number of fused-ring (bicyclic) bond motifs is 2. The molecular formula is C27H31N5O6P2. The fraction of sp³-hybridized carbons (Fsp3) is 0.296. The Labute approximate surface area is 230 Å². The van der Waals surface area contributed by atoms with Crippen molar-refractivity contribution in [2.45, 2.75) is 38.8 Å².